The maximum absolute atomic E-state index is 11.7. The molecule has 0 spiro atoms. The number of nitrogens with zero attached hydrogens (tertiary/aromatic N) is 5. The molecule has 2 aliphatic rings. The third-order valence-electron chi connectivity index (χ3n) is 8.31. The van der Waals surface area contributed by atoms with E-state index in [1.165, 1.54) is 6.07 Å². The molecule has 3 aromatic carbocycles. The van der Waals surface area contributed by atoms with Crippen molar-refractivity contribution >= 4 is 46.1 Å². The number of halogens is 2. The van der Waals surface area contributed by atoms with Crippen LogP contribution in [0.4, 0.5) is 22.9 Å². The molecule has 226 valence electrons. The summed E-state index contributed by atoms with van der Waals surface area (Å²) >= 11 is 12.2. The number of hydrogen-bond acceptors (Lipinski definition) is 8. The van der Waals surface area contributed by atoms with Crippen LogP contribution in [0.2, 0.25) is 10.0 Å². The summed E-state index contributed by atoms with van der Waals surface area (Å²) in [6.07, 6.45) is 3.94. The van der Waals surface area contributed by atoms with Crippen molar-refractivity contribution in [1.29, 1.82) is 0 Å². The first kappa shape index (κ1) is 29.8. The Labute approximate surface area is 264 Å². The van der Waals surface area contributed by atoms with Crippen molar-refractivity contribution in [2.75, 3.05) is 36.1 Å². The summed E-state index contributed by atoms with van der Waals surface area (Å²) in [5.41, 5.74) is 4.27. The Bertz CT molecular complexity index is 1680. The van der Waals surface area contributed by atoms with Crippen molar-refractivity contribution in [3.63, 3.8) is 0 Å². The second-order valence-corrected chi connectivity index (χ2v) is 11.7. The van der Waals surface area contributed by atoms with Gasteiger partial charge in [-0.3, -0.25) is 20.2 Å². The number of nitro benzene ring substituents is 2. The maximum Gasteiger partial charge on any atom is 0.288 e. The third-order valence-corrected chi connectivity index (χ3v) is 8.95. The topological polar surface area (TPSA) is 115 Å². The molecule has 6 rings (SSSR count). The molecule has 3 heterocycles. The quantitative estimate of drug-likeness (QED) is 0.143. The number of nitro groups is 2. The lowest BCUT2D eigenvalue weighted by Crippen LogP contribution is -2.36. The van der Waals surface area contributed by atoms with E-state index in [1.54, 1.807) is 18.2 Å². The molecule has 0 aliphatic carbocycles. The molecule has 0 amide bonds. The van der Waals surface area contributed by atoms with Crippen molar-refractivity contribution in [3.05, 3.63) is 120 Å². The average Bonchev–Trinajstić information content (AvgIpc) is 3.45. The Morgan fingerprint density at radius 3 is 2.14 bits per heavy atom. The van der Waals surface area contributed by atoms with Crippen molar-refractivity contribution in [3.8, 4) is 11.1 Å². The average molecular weight is 635 g/mol. The number of aromatic nitrogens is 1. The molecule has 10 nitrogen and oxygen atoms in total. The van der Waals surface area contributed by atoms with Gasteiger partial charge in [0, 0.05) is 48.7 Å². The van der Waals surface area contributed by atoms with Crippen LogP contribution >= 0.6 is 23.2 Å². The Hall–Kier alpha value is -4.25. The first-order valence-electron chi connectivity index (χ1n) is 14.3. The molecule has 0 N–H and O–H groups in total. The molecule has 44 heavy (non-hydrogen) atoms. The first-order valence-corrected chi connectivity index (χ1v) is 15.1. The summed E-state index contributed by atoms with van der Waals surface area (Å²) in [5, 5.41) is 23.4. The smallest absolute Gasteiger partial charge is 0.288 e. The lowest BCUT2D eigenvalue weighted by atomic mass is 10.0. The number of morpholine rings is 1. The number of anilines is 2. The van der Waals surface area contributed by atoms with Crippen molar-refractivity contribution in [2.45, 2.75) is 31.3 Å². The highest BCUT2D eigenvalue weighted by molar-refractivity contribution is 6.33. The van der Waals surface area contributed by atoms with Crippen LogP contribution in [-0.2, 0) is 11.2 Å². The lowest BCUT2D eigenvalue weighted by Gasteiger charge is -2.33. The largest absolute Gasteiger partial charge is 0.378 e. The molecule has 0 saturated carbocycles. The second-order valence-electron chi connectivity index (χ2n) is 10.9. The van der Waals surface area contributed by atoms with Gasteiger partial charge < -0.3 is 14.5 Å². The molecule has 2 saturated heterocycles. The fraction of sp³-hybridized carbons (Fsp3) is 0.281. The van der Waals surface area contributed by atoms with Gasteiger partial charge in [0.2, 0.25) is 0 Å². The van der Waals surface area contributed by atoms with Crippen molar-refractivity contribution in [2.24, 2.45) is 0 Å². The van der Waals surface area contributed by atoms with Gasteiger partial charge in [-0.25, -0.2) is 4.98 Å². The van der Waals surface area contributed by atoms with Crippen LogP contribution < -0.4 is 9.80 Å². The van der Waals surface area contributed by atoms with E-state index in [1.807, 2.05) is 48.7 Å². The monoisotopic (exact) mass is 633 g/mol. The van der Waals surface area contributed by atoms with Gasteiger partial charge in [-0.2, -0.15) is 0 Å². The lowest BCUT2D eigenvalue weighted by molar-refractivity contribution is -0.384. The number of rotatable bonds is 8. The molecule has 0 bridgehead atoms. The summed E-state index contributed by atoms with van der Waals surface area (Å²) in [6, 6.07) is 21.9. The minimum Gasteiger partial charge on any atom is -0.378 e. The standard InChI is InChI=1S/C32H29Cl2N5O5/c33-27-9-1-21(18-30(27)38(40)41)17-26-8-11-29(23-4-10-28(34)31(19-23)39(42)43)37(26)25-6-2-22(3-7-25)24-5-12-32(35-20-24)36-13-15-44-16-14-36/h1-7,9-10,12,18-20,26,29H,8,11,13-17H2/t26-,29-/m1/s1. The van der Waals surface area contributed by atoms with Crippen LogP contribution in [0.25, 0.3) is 11.1 Å². The van der Waals surface area contributed by atoms with Gasteiger partial charge in [-0.05, 0) is 72.4 Å². The zero-order valence-electron chi connectivity index (χ0n) is 23.6. The predicted octanol–water partition coefficient (Wildman–Crippen LogP) is 7.66. The summed E-state index contributed by atoms with van der Waals surface area (Å²) in [5.74, 6) is 0.927. The normalized spacial score (nSPS) is 18.4. The van der Waals surface area contributed by atoms with Crippen LogP contribution in [0, 0.1) is 20.2 Å². The molecule has 0 radical (unpaired) electrons. The summed E-state index contributed by atoms with van der Waals surface area (Å²) in [7, 11) is 0. The number of benzene rings is 3. The van der Waals surface area contributed by atoms with Gasteiger partial charge in [0.25, 0.3) is 11.4 Å². The first-order chi connectivity index (χ1) is 21.3. The summed E-state index contributed by atoms with van der Waals surface area (Å²) < 4.78 is 5.44. The SMILES string of the molecule is O=[N+]([O-])c1cc(C[C@H]2CC[C@H](c3ccc(Cl)c([N+](=O)[O-])c3)N2c2ccc(-c3ccc(N4CCOCC4)nc3)cc2)ccc1Cl. The van der Waals surface area contributed by atoms with E-state index in [4.69, 9.17) is 27.9 Å². The maximum atomic E-state index is 11.7. The minimum absolute atomic E-state index is 0.0177. The highest BCUT2D eigenvalue weighted by Gasteiger charge is 2.36. The number of pyridine rings is 1. The highest BCUT2D eigenvalue weighted by atomic mass is 35.5. The Morgan fingerprint density at radius 1 is 0.818 bits per heavy atom. The minimum atomic E-state index is -0.477. The van der Waals surface area contributed by atoms with Crippen molar-refractivity contribution < 1.29 is 14.6 Å². The zero-order chi connectivity index (χ0) is 30.8. The highest BCUT2D eigenvalue weighted by Crippen LogP contribution is 2.43. The fourth-order valence-electron chi connectivity index (χ4n) is 6.14. The van der Waals surface area contributed by atoms with Gasteiger partial charge in [0.15, 0.2) is 0 Å². The van der Waals surface area contributed by atoms with Crippen molar-refractivity contribution in [1.82, 2.24) is 4.98 Å². The summed E-state index contributed by atoms with van der Waals surface area (Å²) in [4.78, 5) is 31.4. The van der Waals surface area contributed by atoms with Gasteiger partial charge >= 0.3 is 0 Å². The Kier molecular flexibility index (Phi) is 8.65. The fourth-order valence-corrected chi connectivity index (χ4v) is 6.51. The summed E-state index contributed by atoms with van der Waals surface area (Å²) in [6.45, 7) is 3.03. The number of ether oxygens (including phenoxy) is 1. The zero-order valence-corrected chi connectivity index (χ0v) is 25.2. The van der Waals surface area contributed by atoms with E-state index in [-0.39, 0.29) is 33.5 Å². The van der Waals surface area contributed by atoms with Crippen LogP contribution in [0.5, 0.6) is 0 Å². The van der Waals surface area contributed by atoms with Crippen LogP contribution in [0.3, 0.4) is 0 Å². The van der Waals surface area contributed by atoms with E-state index in [9.17, 15) is 20.2 Å². The van der Waals surface area contributed by atoms with E-state index < -0.39 is 9.85 Å². The van der Waals surface area contributed by atoms with E-state index in [0.717, 1.165) is 59.7 Å². The van der Waals surface area contributed by atoms with E-state index in [0.29, 0.717) is 19.6 Å². The molecular formula is C32H29Cl2N5O5. The van der Waals surface area contributed by atoms with Crippen LogP contribution in [-0.4, -0.2) is 47.2 Å². The molecule has 0 unspecified atom stereocenters. The molecule has 2 atom stereocenters. The number of hydrogen-bond donors (Lipinski definition) is 0. The second kappa shape index (κ2) is 12.8. The molecule has 1 aromatic heterocycles. The molecule has 4 aromatic rings. The molecule has 2 fully saturated rings. The van der Waals surface area contributed by atoms with Crippen LogP contribution in [0.1, 0.15) is 30.0 Å². The Morgan fingerprint density at radius 2 is 1.48 bits per heavy atom. The molecule has 2 aliphatic heterocycles. The third kappa shape index (κ3) is 6.19. The molecule has 12 heteroatoms. The predicted molar refractivity (Wildman–Crippen MR) is 171 cm³/mol. The molecular weight excluding hydrogens is 605 g/mol. The van der Waals surface area contributed by atoms with Gasteiger partial charge in [0.05, 0.1) is 29.1 Å². The van der Waals surface area contributed by atoms with Crippen LogP contribution in [0.15, 0.2) is 79.0 Å². The Balaban J connectivity index is 1.31. The van der Waals surface area contributed by atoms with Gasteiger partial charge in [-0.1, -0.05) is 47.5 Å². The van der Waals surface area contributed by atoms with Gasteiger partial charge in [-0.15, -0.1) is 0 Å². The van der Waals surface area contributed by atoms with Gasteiger partial charge in [0.1, 0.15) is 15.9 Å². The van der Waals surface area contributed by atoms with E-state index >= 15 is 0 Å². The van der Waals surface area contributed by atoms with E-state index in [2.05, 4.69) is 20.9 Å².